The standard InChI is InChI=1S/C17H19ClN2O/c1-12-7-8-14(18)16(11-12)20-17(21)10-9-15(19)13-5-3-2-4-6-13/h2-8,11,15H,9-10,19H2,1H3,(H,20,21). The number of hydrogen-bond acceptors (Lipinski definition) is 2. The molecule has 0 aliphatic rings. The van der Waals surface area contributed by atoms with Crippen molar-refractivity contribution in [3.63, 3.8) is 0 Å². The van der Waals surface area contributed by atoms with Crippen molar-refractivity contribution in [2.75, 3.05) is 5.32 Å². The number of benzene rings is 2. The molecule has 0 heterocycles. The Kier molecular flexibility index (Phi) is 5.37. The molecular weight excluding hydrogens is 284 g/mol. The van der Waals surface area contributed by atoms with Crippen molar-refractivity contribution in [1.82, 2.24) is 0 Å². The number of anilines is 1. The minimum absolute atomic E-state index is 0.0751. The molecule has 0 radical (unpaired) electrons. The lowest BCUT2D eigenvalue weighted by atomic mass is 10.0. The highest BCUT2D eigenvalue weighted by atomic mass is 35.5. The smallest absolute Gasteiger partial charge is 0.224 e. The molecule has 0 aliphatic heterocycles. The number of nitrogens with two attached hydrogens (primary N) is 1. The Hall–Kier alpha value is -1.84. The Morgan fingerprint density at radius 3 is 2.67 bits per heavy atom. The van der Waals surface area contributed by atoms with Crippen molar-refractivity contribution in [3.8, 4) is 0 Å². The zero-order chi connectivity index (χ0) is 15.2. The van der Waals surface area contributed by atoms with E-state index in [-0.39, 0.29) is 11.9 Å². The Morgan fingerprint density at radius 2 is 1.95 bits per heavy atom. The predicted molar refractivity (Wildman–Crippen MR) is 87.4 cm³/mol. The summed E-state index contributed by atoms with van der Waals surface area (Å²) in [5.74, 6) is -0.0751. The van der Waals surface area contributed by atoms with Crippen molar-refractivity contribution in [1.29, 1.82) is 0 Å². The number of rotatable bonds is 5. The Morgan fingerprint density at radius 1 is 1.24 bits per heavy atom. The highest BCUT2D eigenvalue weighted by Crippen LogP contribution is 2.23. The molecule has 0 spiro atoms. The minimum Gasteiger partial charge on any atom is -0.325 e. The summed E-state index contributed by atoms with van der Waals surface area (Å²) in [6, 6.07) is 15.2. The summed E-state index contributed by atoms with van der Waals surface area (Å²) in [6.07, 6.45) is 0.958. The third-order valence-corrected chi connectivity index (χ3v) is 3.64. The predicted octanol–water partition coefficient (Wildman–Crippen LogP) is 4.07. The van der Waals surface area contributed by atoms with Gasteiger partial charge >= 0.3 is 0 Å². The summed E-state index contributed by atoms with van der Waals surface area (Å²) in [4.78, 5) is 12.0. The van der Waals surface area contributed by atoms with E-state index in [0.717, 1.165) is 11.1 Å². The van der Waals surface area contributed by atoms with Crippen molar-refractivity contribution < 1.29 is 4.79 Å². The molecule has 4 heteroatoms. The van der Waals surface area contributed by atoms with Crippen LogP contribution in [0.5, 0.6) is 0 Å². The summed E-state index contributed by atoms with van der Waals surface area (Å²) in [7, 11) is 0. The molecule has 2 aromatic carbocycles. The summed E-state index contributed by atoms with van der Waals surface area (Å²) < 4.78 is 0. The first kappa shape index (κ1) is 15.5. The lowest BCUT2D eigenvalue weighted by molar-refractivity contribution is -0.116. The summed E-state index contributed by atoms with van der Waals surface area (Å²) >= 11 is 6.06. The van der Waals surface area contributed by atoms with Gasteiger partial charge in [0.25, 0.3) is 0 Å². The fraction of sp³-hybridized carbons (Fsp3) is 0.235. The largest absolute Gasteiger partial charge is 0.325 e. The Labute approximate surface area is 130 Å². The van der Waals surface area contributed by atoms with Gasteiger partial charge in [-0.2, -0.15) is 0 Å². The van der Waals surface area contributed by atoms with Crippen LogP contribution in [0.3, 0.4) is 0 Å². The minimum atomic E-state index is -0.134. The quantitative estimate of drug-likeness (QED) is 0.875. The molecule has 110 valence electrons. The van der Waals surface area contributed by atoms with Crippen molar-refractivity contribution in [3.05, 3.63) is 64.7 Å². The molecule has 0 fully saturated rings. The van der Waals surface area contributed by atoms with Gasteiger partial charge < -0.3 is 11.1 Å². The monoisotopic (exact) mass is 302 g/mol. The van der Waals surface area contributed by atoms with E-state index in [1.165, 1.54) is 0 Å². The van der Waals surface area contributed by atoms with Crippen LogP contribution in [-0.2, 0) is 4.79 Å². The number of hydrogen-bond donors (Lipinski definition) is 2. The highest BCUT2D eigenvalue weighted by Gasteiger charge is 2.10. The van der Waals surface area contributed by atoms with Crippen LogP contribution in [0.2, 0.25) is 5.02 Å². The van der Waals surface area contributed by atoms with E-state index in [0.29, 0.717) is 23.6 Å². The molecule has 1 amide bonds. The van der Waals surface area contributed by atoms with Crippen LogP contribution in [-0.4, -0.2) is 5.91 Å². The Bertz CT molecular complexity index is 613. The van der Waals surface area contributed by atoms with E-state index >= 15 is 0 Å². The molecule has 2 aromatic rings. The molecule has 2 rings (SSSR count). The zero-order valence-corrected chi connectivity index (χ0v) is 12.7. The average molecular weight is 303 g/mol. The first-order valence-electron chi connectivity index (χ1n) is 6.93. The number of carbonyl (C=O) groups is 1. The number of nitrogens with one attached hydrogen (secondary N) is 1. The summed E-state index contributed by atoms with van der Waals surface area (Å²) in [5.41, 5.74) is 8.82. The summed E-state index contributed by atoms with van der Waals surface area (Å²) in [6.45, 7) is 1.96. The van der Waals surface area contributed by atoms with Gasteiger partial charge in [0.15, 0.2) is 0 Å². The normalized spacial score (nSPS) is 12.0. The van der Waals surface area contributed by atoms with Crippen LogP contribution in [0, 0.1) is 6.92 Å². The number of halogens is 1. The van der Waals surface area contributed by atoms with E-state index in [1.54, 1.807) is 6.07 Å². The first-order valence-corrected chi connectivity index (χ1v) is 7.30. The second-order valence-electron chi connectivity index (χ2n) is 5.09. The van der Waals surface area contributed by atoms with Crippen LogP contribution in [0.4, 0.5) is 5.69 Å². The molecule has 0 aromatic heterocycles. The molecule has 1 unspecified atom stereocenters. The van der Waals surface area contributed by atoms with Gasteiger partial charge in [0.05, 0.1) is 10.7 Å². The number of aryl methyl sites for hydroxylation is 1. The van der Waals surface area contributed by atoms with Crippen LogP contribution in [0.15, 0.2) is 48.5 Å². The van der Waals surface area contributed by atoms with Gasteiger partial charge in [-0.1, -0.05) is 48.0 Å². The molecule has 3 N–H and O–H groups in total. The van der Waals surface area contributed by atoms with E-state index in [9.17, 15) is 4.79 Å². The molecule has 0 saturated heterocycles. The van der Waals surface area contributed by atoms with Gasteiger partial charge in [0.1, 0.15) is 0 Å². The van der Waals surface area contributed by atoms with Gasteiger partial charge in [0.2, 0.25) is 5.91 Å². The molecule has 0 aliphatic carbocycles. The van der Waals surface area contributed by atoms with Gasteiger partial charge in [-0.15, -0.1) is 0 Å². The molecule has 0 bridgehead atoms. The topological polar surface area (TPSA) is 55.1 Å². The maximum absolute atomic E-state index is 12.0. The first-order chi connectivity index (χ1) is 10.1. The van der Waals surface area contributed by atoms with E-state index in [4.69, 9.17) is 17.3 Å². The SMILES string of the molecule is Cc1ccc(Cl)c(NC(=O)CCC(N)c2ccccc2)c1. The van der Waals surface area contributed by atoms with Crippen molar-refractivity contribution in [2.45, 2.75) is 25.8 Å². The summed E-state index contributed by atoms with van der Waals surface area (Å²) in [5, 5.41) is 3.37. The van der Waals surface area contributed by atoms with Gasteiger partial charge in [-0.05, 0) is 36.6 Å². The lowest BCUT2D eigenvalue weighted by Gasteiger charge is -2.12. The van der Waals surface area contributed by atoms with Gasteiger partial charge in [-0.25, -0.2) is 0 Å². The van der Waals surface area contributed by atoms with E-state index in [2.05, 4.69) is 5.32 Å². The maximum Gasteiger partial charge on any atom is 0.224 e. The fourth-order valence-corrected chi connectivity index (χ4v) is 2.27. The average Bonchev–Trinajstić information content (AvgIpc) is 2.49. The van der Waals surface area contributed by atoms with E-state index in [1.807, 2.05) is 49.4 Å². The van der Waals surface area contributed by atoms with Crippen LogP contribution in [0.25, 0.3) is 0 Å². The van der Waals surface area contributed by atoms with Crippen molar-refractivity contribution in [2.24, 2.45) is 5.73 Å². The third kappa shape index (κ3) is 4.59. The van der Waals surface area contributed by atoms with Crippen LogP contribution >= 0.6 is 11.6 Å². The second-order valence-corrected chi connectivity index (χ2v) is 5.49. The maximum atomic E-state index is 12.0. The molecule has 3 nitrogen and oxygen atoms in total. The molecule has 0 saturated carbocycles. The van der Waals surface area contributed by atoms with Crippen molar-refractivity contribution >= 4 is 23.2 Å². The fourth-order valence-electron chi connectivity index (χ4n) is 2.10. The molecular formula is C17H19ClN2O. The molecule has 21 heavy (non-hydrogen) atoms. The number of amides is 1. The third-order valence-electron chi connectivity index (χ3n) is 3.31. The van der Waals surface area contributed by atoms with Gasteiger partial charge in [-0.3, -0.25) is 4.79 Å². The van der Waals surface area contributed by atoms with Gasteiger partial charge in [0, 0.05) is 12.5 Å². The van der Waals surface area contributed by atoms with E-state index < -0.39 is 0 Å². The highest BCUT2D eigenvalue weighted by molar-refractivity contribution is 6.33. The second kappa shape index (κ2) is 7.25. The number of carbonyl (C=O) groups excluding carboxylic acids is 1. The molecule has 1 atom stereocenters. The zero-order valence-electron chi connectivity index (χ0n) is 12.0. The van der Waals surface area contributed by atoms with Crippen LogP contribution < -0.4 is 11.1 Å². The lowest BCUT2D eigenvalue weighted by Crippen LogP contribution is -2.16. The van der Waals surface area contributed by atoms with Crippen LogP contribution in [0.1, 0.15) is 30.0 Å². The Balaban J connectivity index is 1.89.